The van der Waals surface area contributed by atoms with E-state index in [-0.39, 0.29) is 11.3 Å². The number of benzene rings is 2. The number of thioether (sulfide) groups is 2. The molecule has 0 spiro atoms. The van der Waals surface area contributed by atoms with Gasteiger partial charge in [0, 0.05) is 17.5 Å². The number of ether oxygens (including phenoxy) is 2. The molecular formula is C19H21NO3S2. The number of hydrogen-bond donors (Lipinski definition) is 0. The predicted octanol–water partition coefficient (Wildman–Crippen LogP) is 4.20. The van der Waals surface area contributed by atoms with Gasteiger partial charge in [0.05, 0.1) is 20.0 Å². The van der Waals surface area contributed by atoms with Crippen LogP contribution in [-0.2, 0) is 11.3 Å². The van der Waals surface area contributed by atoms with Crippen LogP contribution in [0.25, 0.3) is 0 Å². The van der Waals surface area contributed by atoms with Gasteiger partial charge in [-0.05, 0) is 41.6 Å². The molecule has 1 atom stereocenters. The highest BCUT2D eigenvalue weighted by Gasteiger charge is 2.32. The predicted molar refractivity (Wildman–Crippen MR) is 104 cm³/mol. The van der Waals surface area contributed by atoms with Gasteiger partial charge in [-0.2, -0.15) is 0 Å². The lowest BCUT2D eigenvalue weighted by atomic mass is 10.1. The molecule has 4 nitrogen and oxygen atoms in total. The molecule has 1 aliphatic rings. The van der Waals surface area contributed by atoms with E-state index in [1.807, 2.05) is 23.1 Å². The van der Waals surface area contributed by atoms with Crippen LogP contribution in [-0.4, -0.2) is 37.0 Å². The van der Waals surface area contributed by atoms with Crippen molar-refractivity contribution >= 4 is 29.4 Å². The van der Waals surface area contributed by atoms with Crippen molar-refractivity contribution in [3.8, 4) is 11.5 Å². The van der Waals surface area contributed by atoms with Crippen LogP contribution in [0.5, 0.6) is 11.5 Å². The van der Waals surface area contributed by atoms with Crippen LogP contribution in [0.4, 0.5) is 0 Å². The minimum Gasteiger partial charge on any atom is -0.497 e. The number of carbonyl (C=O) groups is 1. The van der Waals surface area contributed by atoms with Crippen LogP contribution >= 0.6 is 23.5 Å². The fraction of sp³-hybridized carbons (Fsp3) is 0.316. The van der Waals surface area contributed by atoms with E-state index < -0.39 is 0 Å². The average Bonchev–Trinajstić information content (AvgIpc) is 3.02. The van der Waals surface area contributed by atoms with Crippen LogP contribution in [0.2, 0.25) is 0 Å². The maximum atomic E-state index is 12.4. The number of carbonyl (C=O) groups excluding carboxylic acids is 1. The van der Waals surface area contributed by atoms with Gasteiger partial charge < -0.3 is 14.4 Å². The second-order valence-electron chi connectivity index (χ2n) is 5.68. The maximum absolute atomic E-state index is 12.4. The van der Waals surface area contributed by atoms with Crippen LogP contribution < -0.4 is 9.47 Å². The third-order valence-electron chi connectivity index (χ3n) is 4.13. The van der Waals surface area contributed by atoms with E-state index in [2.05, 4.69) is 30.5 Å². The van der Waals surface area contributed by atoms with Gasteiger partial charge in [0.2, 0.25) is 5.91 Å². The van der Waals surface area contributed by atoms with E-state index in [9.17, 15) is 4.79 Å². The van der Waals surface area contributed by atoms with Gasteiger partial charge in [0.1, 0.15) is 16.9 Å². The highest BCUT2D eigenvalue weighted by molar-refractivity contribution is 8.00. The molecule has 3 rings (SSSR count). The first-order chi connectivity index (χ1) is 12.1. The van der Waals surface area contributed by atoms with E-state index in [0.29, 0.717) is 12.3 Å². The molecule has 1 saturated heterocycles. The molecule has 2 aromatic rings. The zero-order valence-electron chi connectivity index (χ0n) is 14.5. The molecule has 1 heterocycles. The molecule has 1 aliphatic heterocycles. The lowest BCUT2D eigenvalue weighted by Gasteiger charge is -2.25. The summed E-state index contributed by atoms with van der Waals surface area (Å²) in [6.45, 7) is 0.536. The van der Waals surface area contributed by atoms with E-state index in [4.69, 9.17) is 9.47 Å². The summed E-state index contributed by atoms with van der Waals surface area (Å²) in [6.07, 6.45) is 2.06. The summed E-state index contributed by atoms with van der Waals surface area (Å²) in [5.74, 6) is 2.13. The molecule has 0 aromatic heterocycles. The Morgan fingerprint density at radius 3 is 2.32 bits per heavy atom. The van der Waals surface area contributed by atoms with Gasteiger partial charge in [-0.1, -0.05) is 12.1 Å². The Bertz CT molecular complexity index is 727. The molecule has 0 bridgehead atoms. The van der Waals surface area contributed by atoms with E-state index in [0.717, 1.165) is 22.6 Å². The lowest BCUT2D eigenvalue weighted by molar-refractivity contribution is -0.128. The van der Waals surface area contributed by atoms with Crippen molar-refractivity contribution in [3.05, 3.63) is 53.6 Å². The third kappa shape index (κ3) is 4.07. The molecule has 25 heavy (non-hydrogen) atoms. The van der Waals surface area contributed by atoms with Gasteiger partial charge in [0.25, 0.3) is 0 Å². The Balaban J connectivity index is 1.84. The fourth-order valence-corrected chi connectivity index (χ4v) is 4.42. The molecule has 0 radical (unpaired) electrons. The Morgan fingerprint density at radius 2 is 1.76 bits per heavy atom. The second-order valence-corrected chi connectivity index (χ2v) is 7.63. The number of amides is 1. The fourth-order valence-electron chi connectivity index (χ4n) is 2.82. The van der Waals surface area contributed by atoms with Crippen molar-refractivity contribution < 1.29 is 14.3 Å². The summed E-state index contributed by atoms with van der Waals surface area (Å²) in [7, 11) is 3.26. The monoisotopic (exact) mass is 375 g/mol. The second kappa shape index (κ2) is 8.06. The summed E-state index contributed by atoms with van der Waals surface area (Å²) in [5, 5.41) is 0.0422. The minimum atomic E-state index is 0.0422. The minimum absolute atomic E-state index is 0.0422. The first-order valence-electron chi connectivity index (χ1n) is 7.91. The Hall–Kier alpha value is -1.79. The summed E-state index contributed by atoms with van der Waals surface area (Å²) in [4.78, 5) is 15.6. The molecule has 132 valence electrons. The van der Waals surface area contributed by atoms with E-state index >= 15 is 0 Å². The van der Waals surface area contributed by atoms with Crippen LogP contribution in [0.1, 0.15) is 16.5 Å². The van der Waals surface area contributed by atoms with Crippen molar-refractivity contribution in [2.24, 2.45) is 0 Å². The van der Waals surface area contributed by atoms with Crippen molar-refractivity contribution in [1.29, 1.82) is 0 Å². The number of rotatable bonds is 6. The molecule has 1 fully saturated rings. The van der Waals surface area contributed by atoms with Gasteiger partial charge in [0.15, 0.2) is 0 Å². The first-order valence-corrected chi connectivity index (χ1v) is 10.2. The Kier molecular flexibility index (Phi) is 5.81. The molecule has 6 heteroatoms. The van der Waals surface area contributed by atoms with Gasteiger partial charge in [-0.3, -0.25) is 4.79 Å². The molecule has 1 amide bonds. The Morgan fingerprint density at radius 1 is 1.12 bits per heavy atom. The number of nitrogens with zero attached hydrogens (tertiary/aromatic N) is 1. The van der Waals surface area contributed by atoms with Gasteiger partial charge >= 0.3 is 0 Å². The first kappa shape index (κ1) is 18.0. The van der Waals surface area contributed by atoms with E-state index in [1.54, 1.807) is 37.7 Å². The summed E-state index contributed by atoms with van der Waals surface area (Å²) < 4.78 is 10.7. The van der Waals surface area contributed by atoms with Crippen molar-refractivity contribution in [2.75, 3.05) is 26.2 Å². The highest BCUT2D eigenvalue weighted by atomic mass is 32.2. The summed E-state index contributed by atoms with van der Waals surface area (Å²) in [5.41, 5.74) is 2.15. The smallest absolute Gasteiger partial charge is 0.234 e. The molecule has 1 unspecified atom stereocenters. The lowest BCUT2D eigenvalue weighted by Crippen LogP contribution is -2.27. The van der Waals surface area contributed by atoms with E-state index in [1.165, 1.54) is 4.90 Å². The van der Waals surface area contributed by atoms with Crippen molar-refractivity contribution in [1.82, 2.24) is 4.90 Å². The molecule has 2 aromatic carbocycles. The van der Waals surface area contributed by atoms with Crippen molar-refractivity contribution in [2.45, 2.75) is 16.8 Å². The van der Waals surface area contributed by atoms with Gasteiger partial charge in [-0.15, -0.1) is 23.5 Å². The SMILES string of the molecule is COc1cc(CN2C(=O)CSC2c2ccc(SC)cc2)cc(OC)c1. The van der Waals surface area contributed by atoms with Gasteiger partial charge in [-0.25, -0.2) is 0 Å². The summed E-state index contributed by atoms with van der Waals surface area (Å²) in [6, 6.07) is 14.2. The number of hydrogen-bond acceptors (Lipinski definition) is 5. The maximum Gasteiger partial charge on any atom is 0.234 e. The number of methoxy groups -OCH3 is 2. The summed E-state index contributed by atoms with van der Waals surface area (Å²) >= 11 is 3.39. The van der Waals surface area contributed by atoms with Crippen LogP contribution in [0, 0.1) is 0 Å². The quantitative estimate of drug-likeness (QED) is 0.708. The molecule has 0 saturated carbocycles. The zero-order valence-corrected chi connectivity index (χ0v) is 16.2. The molecule has 0 aliphatic carbocycles. The third-order valence-corrected chi connectivity index (χ3v) is 6.13. The topological polar surface area (TPSA) is 38.8 Å². The normalized spacial score (nSPS) is 17.0. The van der Waals surface area contributed by atoms with Crippen LogP contribution in [0.15, 0.2) is 47.4 Å². The van der Waals surface area contributed by atoms with Crippen LogP contribution in [0.3, 0.4) is 0 Å². The molecular weight excluding hydrogens is 354 g/mol. The van der Waals surface area contributed by atoms with Crippen molar-refractivity contribution in [3.63, 3.8) is 0 Å². The largest absolute Gasteiger partial charge is 0.497 e. The highest BCUT2D eigenvalue weighted by Crippen LogP contribution is 2.40. The standard InChI is InChI=1S/C19H21NO3S2/c1-22-15-8-13(9-16(10-15)23-2)11-20-18(21)12-25-19(20)14-4-6-17(24-3)7-5-14/h4-10,19H,11-12H2,1-3H3. The Labute approximate surface area is 156 Å². The zero-order chi connectivity index (χ0) is 17.8. The average molecular weight is 376 g/mol. The molecule has 0 N–H and O–H groups in total.